The molecule has 4 rings (SSSR count). The van der Waals surface area contributed by atoms with Gasteiger partial charge in [-0.05, 0) is 71.8 Å². The van der Waals surface area contributed by atoms with Gasteiger partial charge in [-0.15, -0.1) is 0 Å². The van der Waals surface area contributed by atoms with Crippen molar-refractivity contribution in [2.75, 3.05) is 11.9 Å². The van der Waals surface area contributed by atoms with Gasteiger partial charge in [0.25, 0.3) is 11.1 Å². The minimum absolute atomic E-state index is 0.226. The van der Waals surface area contributed by atoms with E-state index in [-0.39, 0.29) is 23.9 Å². The number of imide groups is 1. The van der Waals surface area contributed by atoms with Crippen LogP contribution in [0.1, 0.15) is 16.7 Å². The number of anilines is 1. The summed E-state index contributed by atoms with van der Waals surface area (Å²) in [6, 6.07) is 20.3. The summed E-state index contributed by atoms with van der Waals surface area (Å²) in [5.74, 6) is -0.719. The molecular formula is C26H21FN2O4S. The molecule has 0 unspecified atom stereocenters. The zero-order valence-corrected chi connectivity index (χ0v) is 19.1. The Morgan fingerprint density at radius 3 is 2.59 bits per heavy atom. The Balaban J connectivity index is 1.40. The second kappa shape index (κ2) is 10.4. The van der Waals surface area contributed by atoms with E-state index >= 15 is 0 Å². The van der Waals surface area contributed by atoms with E-state index in [2.05, 4.69) is 5.32 Å². The van der Waals surface area contributed by atoms with Crippen molar-refractivity contribution in [3.05, 3.63) is 100 Å². The van der Waals surface area contributed by atoms with Gasteiger partial charge in [0, 0.05) is 5.69 Å². The highest BCUT2D eigenvalue weighted by Crippen LogP contribution is 2.32. The molecule has 172 valence electrons. The maximum absolute atomic E-state index is 13.0. The second-order valence-corrected chi connectivity index (χ2v) is 8.61. The summed E-state index contributed by atoms with van der Waals surface area (Å²) in [5.41, 5.74) is 3.00. The minimum Gasteiger partial charge on any atom is -0.489 e. The fourth-order valence-electron chi connectivity index (χ4n) is 3.28. The Morgan fingerprint density at radius 1 is 1.06 bits per heavy atom. The number of rotatable bonds is 7. The average Bonchev–Trinajstić information content (AvgIpc) is 3.08. The molecule has 0 atom stereocenters. The lowest BCUT2D eigenvalue weighted by Crippen LogP contribution is -2.36. The van der Waals surface area contributed by atoms with Gasteiger partial charge in [0.15, 0.2) is 0 Å². The number of carbonyl (C=O) groups is 3. The molecule has 6 nitrogen and oxygen atoms in total. The lowest BCUT2D eigenvalue weighted by Gasteiger charge is -2.13. The molecule has 3 aromatic rings. The first-order chi connectivity index (χ1) is 16.4. The molecule has 3 amide bonds. The molecule has 8 heteroatoms. The monoisotopic (exact) mass is 476 g/mol. The van der Waals surface area contributed by atoms with Crippen LogP contribution in [0.25, 0.3) is 6.08 Å². The summed E-state index contributed by atoms with van der Waals surface area (Å²) in [6.45, 7) is 1.75. The quantitative estimate of drug-likeness (QED) is 0.463. The van der Waals surface area contributed by atoms with Crippen LogP contribution in [-0.4, -0.2) is 28.5 Å². The number of aryl methyl sites for hydroxylation is 1. The van der Waals surface area contributed by atoms with Gasteiger partial charge in [0.05, 0.1) is 4.91 Å². The number of hydrogen-bond acceptors (Lipinski definition) is 5. The van der Waals surface area contributed by atoms with Crippen molar-refractivity contribution in [1.29, 1.82) is 0 Å². The predicted molar refractivity (Wildman–Crippen MR) is 130 cm³/mol. The first-order valence-corrected chi connectivity index (χ1v) is 11.3. The number of thioether (sulfide) groups is 1. The molecule has 1 aliphatic rings. The topological polar surface area (TPSA) is 75.7 Å². The van der Waals surface area contributed by atoms with E-state index in [1.165, 1.54) is 12.1 Å². The highest BCUT2D eigenvalue weighted by Gasteiger charge is 2.36. The first kappa shape index (κ1) is 23.3. The first-order valence-electron chi connectivity index (χ1n) is 10.5. The van der Waals surface area contributed by atoms with Crippen LogP contribution in [0.4, 0.5) is 14.9 Å². The third-order valence-electron chi connectivity index (χ3n) is 5.07. The molecule has 0 aliphatic carbocycles. The van der Waals surface area contributed by atoms with Crippen LogP contribution in [0.5, 0.6) is 5.75 Å². The van der Waals surface area contributed by atoms with E-state index in [4.69, 9.17) is 4.74 Å². The van der Waals surface area contributed by atoms with Crippen LogP contribution < -0.4 is 10.1 Å². The van der Waals surface area contributed by atoms with Gasteiger partial charge in [0.1, 0.15) is 24.7 Å². The molecule has 0 aromatic heterocycles. The van der Waals surface area contributed by atoms with Crippen LogP contribution in [-0.2, 0) is 16.2 Å². The third-order valence-corrected chi connectivity index (χ3v) is 5.98. The Labute approximate surface area is 200 Å². The fraction of sp³-hybridized carbons (Fsp3) is 0.115. The Bertz CT molecular complexity index is 1270. The number of amides is 3. The normalized spacial score (nSPS) is 14.5. The van der Waals surface area contributed by atoms with Crippen LogP contribution in [0.3, 0.4) is 0 Å². The van der Waals surface area contributed by atoms with Gasteiger partial charge >= 0.3 is 0 Å². The van der Waals surface area contributed by atoms with Crippen molar-refractivity contribution in [1.82, 2.24) is 4.90 Å². The van der Waals surface area contributed by atoms with E-state index in [9.17, 15) is 18.8 Å². The molecule has 1 N–H and O–H groups in total. The third kappa shape index (κ3) is 5.71. The second-order valence-electron chi connectivity index (χ2n) is 7.62. The van der Waals surface area contributed by atoms with Gasteiger partial charge in [-0.25, -0.2) is 4.39 Å². The lowest BCUT2D eigenvalue weighted by molar-refractivity contribution is -0.127. The highest BCUT2D eigenvalue weighted by molar-refractivity contribution is 8.18. The van der Waals surface area contributed by atoms with Crippen molar-refractivity contribution in [3.63, 3.8) is 0 Å². The Morgan fingerprint density at radius 2 is 1.82 bits per heavy atom. The van der Waals surface area contributed by atoms with Crippen LogP contribution in [0.15, 0.2) is 77.7 Å². The van der Waals surface area contributed by atoms with Gasteiger partial charge in [-0.1, -0.05) is 42.5 Å². The SMILES string of the molecule is Cc1ccccc1NC(=O)CN1C(=O)SC(=Cc2cccc(OCc3ccc(F)cc3)c2)C1=O. The summed E-state index contributed by atoms with van der Waals surface area (Å²) in [7, 11) is 0. The van der Waals surface area contributed by atoms with Crippen LogP contribution >= 0.6 is 11.8 Å². The van der Waals surface area contributed by atoms with Crippen molar-refractivity contribution < 1.29 is 23.5 Å². The van der Waals surface area contributed by atoms with Gasteiger partial charge in [0.2, 0.25) is 5.91 Å². The molecule has 0 radical (unpaired) electrons. The zero-order valence-electron chi connectivity index (χ0n) is 18.3. The molecule has 0 bridgehead atoms. The van der Waals surface area contributed by atoms with E-state index in [0.29, 0.717) is 17.0 Å². The summed E-state index contributed by atoms with van der Waals surface area (Å²) in [5, 5.41) is 2.23. The Hall–Kier alpha value is -3.91. The average molecular weight is 477 g/mol. The number of hydrogen-bond donors (Lipinski definition) is 1. The predicted octanol–water partition coefficient (Wildman–Crippen LogP) is 5.39. The molecular weight excluding hydrogens is 455 g/mol. The number of nitrogens with zero attached hydrogens (tertiary/aromatic N) is 1. The molecule has 1 fully saturated rings. The number of para-hydroxylation sites is 1. The minimum atomic E-state index is -0.521. The van der Waals surface area contributed by atoms with Crippen molar-refractivity contribution >= 4 is 40.6 Å². The number of benzene rings is 3. The van der Waals surface area contributed by atoms with Crippen LogP contribution in [0.2, 0.25) is 0 Å². The van der Waals surface area contributed by atoms with Crippen LogP contribution in [0, 0.1) is 12.7 Å². The fourth-order valence-corrected chi connectivity index (χ4v) is 4.11. The van der Waals surface area contributed by atoms with E-state index < -0.39 is 17.1 Å². The largest absolute Gasteiger partial charge is 0.489 e. The number of halogens is 1. The van der Waals surface area contributed by atoms with E-state index in [1.54, 1.807) is 54.6 Å². The van der Waals surface area contributed by atoms with Gasteiger partial charge < -0.3 is 10.1 Å². The van der Waals surface area contributed by atoms with Crippen molar-refractivity contribution in [2.45, 2.75) is 13.5 Å². The molecule has 1 saturated heterocycles. The molecule has 1 heterocycles. The molecule has 34 heavy (non-hydrogen) atoms. The maximum Gasteiger partial charge on any atom is 0.294 e. The molecule has 0 spiro atoms. The van der Waals surface area contributed by atoms with Crippen molar-refractivity contribution in [3.8, 4) is 5.75 Å². The highest BCUT2D eigenvalue weighted by atomic mass is 32.2. The summed E-state index contributed by atoms with van der Waals surface area (Å²) in [4.78, 5) is 38.7. The number of nitrogens with one attached hydrogen (secondary N) is 1. The summed E-state index contributed by atoms with van der Waals surface area (Å²) < 4.78 is 18.8. The molecule has 3 aromatic carbocycles. The summed E-state index contributed by atoms with van der Waals surface area (Å²) in [6.07, 6.45) is 1.59. The number of ether oxygens (including phenoxy) is 1. The number of carbonyl (C=O) groups excluding carboxylic acids is 3. The van der Waals surface area contributed by atoms with Crippen molar-refractivity contribution in [2.24, 2.45) is 0 Å². The Kier molecular flexibility index (Phi) is 7.08. The summed E-state index contributed by atoms with van der Waals surface area (Å²) >= 11 is 0.788. The molecule has 1 aliphatic heterocycles. The van der Waals surface area contributed by atoms with Gasteiger partial charge in [-0.3, -0.25) is 19.3 Å². The standard InChI is InChI=1S/C26H21FN2O4S/c1-17-5-2-3-8-22(17)28-24(30)15-29-25(31)23(34-26(29)32)14-19-6-4-7-21(13-19)33-16-18-9-11-20(27)12-10-18/h2-14H,15-16H2,1H3,(H,28,30). The van der Waals surface area contributed by atoms with Gasteiger partial charge in [-0.2, -0.15) is 0 Å². The van der Waals surface area contributed by atoms with E-state index in [1.807, 2.05) is 19.1 Å². The maximum atomic E-state index is 13.0. The zero-order chi connectivity index (χ0) is 24.1. The van der Waals surface area contributed by atoms with E-state index in [0.717, 1.165) is 27.8 Å². The smallest absolute Gasteiger partial charge is 0.294 e. The lowest BCUT2D eigenvalue weighted by atomic mass is 10.2. The molecule has 0 saturated carbocycles.